The molecule has 0 bridgehead atoms. The Hall–Kier alpha value is -3.08. The Kier molecular flexibility index (Phi) is 7.86. The summed E-state index contributed by atoms with van der Waals surface area (Å²) in [6.45, 7) is 4.80. The number of hydrogen-bond acceptors (Lipinski definition) is 8. The van der Waals surface area contributed by atoms with E-state index in [9.17, 15) is 13.5 Å². The molecular formula is C23H26ClN3O6S. The maximum Gasteiger partial charge on any atom is 0.266 e. The summed E-state index contributed by atoms with van der Waals surface area (Å²) in [6.07, 6.45) is 1.17. The molecule has 182 valence electrons. The quantitative estimate of drug-likeness (QED) is 0.456. The van der Waals surface area contributed by atoms with Crippen molar-refractivity contribution in [3.8, 4) is 23.1 Å². The Morgan fingerprint density at radius 1 is 1.09 bits per heavy atom. The number of aliphatic hydroxyl groups excluding tert-OH is 1. The second-order valence-electron chi connectivity index (χ2n) is 8.06. The van der Waals surface area contributed by atoms with Gasteiger partial charge in [-0.15, -0.1) is 0 Å². The third kappa shape index (κ3) is 5.52. The number of benzene rings is 2. The molecule has 1 aromatic heterocycles. The summed E-state index contributed by atoms with van der Waals surface area (Å²) in [4.78, 5) is 8.44. The highest BCUT2D eigenvalue weighted by Crippen LogP contribution is 2.44. The maximum absolute atomic E-state index is 13.8. The lowest BCUT2D eigenvalue weighted by atomic mass is 10.1. The van der Waals surface area contributed by atoms with Crippen LogP contribution in [0.4, 0.5) is 5.82 Å². The molecule has 0 fully saturated rings. The lowest BCUT2D eigenvalue weighted by Crippen LogP contribution is -2.46. The molecule has 0 spiro atoms. The van der Waals surface area contributed by atoms with Crippen LogP contribution in [0.2, 0.25) is 5.02 Å². The molecule has 0 amide bonds. The molecule has 3 rings (SSSR count). The SMILES string of the molecule is COc1ccc(Cl)c(Oc2c(OCCO)ncnc2N(C(C)(C)C)S(=O)(=O)c2ccccc2)c1. The Bertz CT molecular complexity index is 1230. The van der Waals surface area contributed by atoms with Crippen LogP contribution in [0.1, 0.15) is 20.8 Å². The first-order valence-corrected chi connectivity index (χ1v) is 12.1. The highest BCUT2D eigenvalue weighted by Gasteiger charge is 2.38. The van der Waals surface area contributed by atoms with E-state index in [2.05, 4.69) is 9.97 Å². The molecule has 3 aromatic rings. The van der Waals surface area contributed by atoms with E-state index in [0.717, 1.165) is 4.31 Å². The van der Waals surface area contributed by atoms with Crippen molar-refractivity contribution in [2.45, 2.75) is 31.2 Å². The molecule has 1 heterocycles. The zero-order valence-corrected chi connectivity index (χ0v) is 20.8. The number of aromatic nitrogens is 2. The van der Waals surface area contributed by atoms with Crippen molar-refractivity contribution in [3.63, 3.8) is 0 Å². The van der Waals surface area contributed by atoms with Gasteiger partial charge in [-0.2, -0.15) is 4.98 Å². The number of methoxy groups -OCH3 is 1. The molecule has 0 aliphatic heterocycles. The minimum absolute atomic E-state index is 0.0572. The van der Waals surface area contributed by atoms with E-state index < -0.39 is 15.6 Å². The molecule has 0 unspecified atom stereocenters. The summed E-state index contributed by atoms with van der Waals surface area (Å²) in [5.41, 5.74) is -0.965. The standard InChI is InChI=1S/C23H26ClN3O6S/c1-23(2,3)27(34(29,30)17-8-6-5-7-9-17)21-20(22(26-15-25-21)32-13-12-28)33-19-14-16(31-4)10-11-18(19)24/h5-11,14-15,28H,12-13H2,1-4H3. The van der Waals surface area contributed by atoms with Gasteiger partial charge in [-0.25, -0.2) is 17.7 Å². The lowest BCUT2D eigenvalue weighted by molar-refractivity contribution is 0.192. The van der Waals surface area contributed by atoms with Gasteiger partial charge in [0.1, 0.15) is 24.4 Å². The fourth-order valence-corrected chi connectivity index (χ4v) is 5.06. The molecule has 0 radical (unpaired) electrons. The molecule has 2 aromatic carbocycles. The molecule has 1 N–H and O–H groups in total. The van der Waals surface area contributed by atoms with Crippen molar-refractivity contribution >= 4 is 27.4 Å². The highest BCUT2D eigenvalue weighted by atomic mass is 35.5. The first kappa shape index (κ1) is 25.5. The van der Waals surface area contributed by atoms with Gasteiger partial charge in [0, 0.05) is 11.6 Å². The number of rotatable bonds is 9. The average molecular weight is 508 g/mol. The Labute approximate surface area is 203 Å². The van der Waals surface area contributed by atoms with E-state index in [-0.39, 0.29) is 46.3 Å². The van der Waals surface area contributed by atoms with E-state index >= 15 is 0 Å². The second-order valence-corrected chi connectivity index (χ2v) is 10.2. The Balaban J connectivity index is 2.25. The average Bonchev–Trinajstić information content (AvgIpc) is 2.80. The van der Waals surface area contributed by atoms with Crippen LogP contribution in [0.3, 0.4) is 0 Å². The normalized spacial score (nSPS) is 11.7. The van der Waals surface area contributed by atoms with Crippen LogP contribution in [-0.4, -0.2) is 49.4 Å². The Morgan fingerprint density at radius 2 is 1.79 bits per heavy atom. The van der Waals surface area contributed by atoms with E-state index in [1.807, 2.05) is 0 Å². The maximum atomic E-state index is 13.8. The van der Waals surface area contributed by atoms with Gasteiger partial charge in [-0.05, 0) is 45.0 Å². The zero-order chi connectivity index (χ0) is 24.9. The van der Waals surface area contributed by atoms with Gasteiger partial charge >= 0.3 is 0 Å². The molecular weight excluding hydrogens is 482 g/mol. The number of ether oxygens (including phenoxy) is 3. The number of sulfonamides is 1. The van der Waals surface area contributed by atoms with Crippen LogP contribution in [0.5, 0.6) is 23.1 Å². The van der Waals surface area contributed by atoms with Crippen molar-refractivity contribution in [2.75, 3.05) is 24.6 Å². The summed E-state index contributed by atoms with van der Waals surface area (Å²) in [6, 6.07) is 12.8. The zero-order valence-electron chi connectivity index (χ0n) is 19.2. The van der Waals surface area contributed by atoms with E-state index in [4.69, 9.17) is 25.8 Å². The minimum Gasteiger partial charge on any atom is -0.497 e. The fourth-order valence-electron chi connectivity index (χ4n) is 3.12. The number of nitrogens with zero attached hydrogens (tertiary/aromatic N) is 3. The van der Waals surface area contributed by atoms with Crippen LogP contribution >= 0.6 is 11.6 Å². The van der Waals surface area contributed by atoms with Gasteiger partial charge in [-0.1, -0.05) is 29.8 Å². The van der Waals surface area contributed by atoms with Gasteiger partial charge in [0.2, 0.25) is 5.75 Å². The van der Waals surface area contributed by atoms with E-state index in [0.29, 0.717) is 5.75 Å². The van der Waals surface area contributed by atoms with Crippen molar-refractivity contribution in [1.29, 1.82) is 0 Å². The molecule has 34 heavy (non-hydrogen) atoms. The predicted octanol–water partition coefficient (Wildman–Crippen LogP) is 4.30. The van der Waals surface area contributed by atoms with E-state index in [1.54, 1.807) is 57.2 Å². The Morgan fingerprint density at radius 3 is 2.41 bits per heavy atom. The summed E-state index contributed by atoms with van der Waals surface area (Å²) >= 11 is 6.33. The van der Waals surface area contributed by atoms with Crippen LogP contribution in [0.15, 0.2) is 59.8 Å². The minimum atomic E-state index is -4.09. The second kappa shape index (κ2) is 10.5. The molecule has 9 nitrogen and oxygen atoms in total. The van der Waals surface area contributed by atoms with Crippen LogP contribution in [-0.2, 0) is 10.0 Å². The van der Waals surface area contributed by atoms with Gasteiger partial charge in [0.15, 0.2) is 5.82 Å². The van der Waals surface area contributed by atoms with Gasteiger partial charge in [0.25, 0.3) is 15.9 Å². The predicted molar refractivity (Wildman–Crippen MR) is 129 cm³/mol. The molecule has 0 aliphatic rings. The van der Waals surface area contributed by atoms with Crippen molar-refractivity contribution < 1.29 is 27.7 Å². The largest absolute Gasteiger partial charge is 0.497 e. The number of aliphatic hydroxyl groups is 1. The molecule has 0 saturated heterocycles. The van der Waals surface area contributed by atoms with Crippen LogP contribution < -0.4 is 18.5 Å². The topological polar surface area (TPSA) is 111 Å². The molecule has 0 atom stereocenters. The smallest absolute Gasteiger partial charge is 0.266 e. The van der Waals surface area contributed by atoms with Crippen LogP contribution in [0.25, 0.3) is 0 Å². The molecule has 0 aliphatic carbocycles. The molecule has 11 heteroatoms. The fraction of sp³-hybridized carbons (Fsp3) is 0.304. The van der Waals surface area contributed by atoms with Gasteiger partial charge < -0.3 is 19.3 Å². The number of hydrogen-bond donors (Lipinski definition) is 1. The third-order valence-corrected chi connectivity index (χ3v) is 6.90. The van der Waals surface area contributed by atoms with Gasteiger partial charge in [-0.3, -0.25) is 0 Å². The first-order chi connectivity index (χ1) is 16.1. The van der Waals surface area contributed by atoms with Crippen LogP contribution in [0, 0.1) is 0 Å². The van der Waals surface area contributed by atoms with Gasteiger partial charge in [0.05, 0.1) is 23.6 Å². The van der Waals surface area contributed by atoms with Crippen molar-refractivity contribution in [3.05, 3.63) is 59.9 Å². The summed E-state index contributed by atoms with van der Waals surface area (Å²) in [7, 11) is -2.59. The monoisotopic (exact) mass is 507 g/mol. The summed E-state index contributed by atoms with van der Waals surface area (Å²) in [5, 5.41) is 9.50. The van der Waals surface area contributed by atoms with Crippen molar-refractivity contribution in [1.82, 2.24) is 9.97 Å². The van der Waals surface area contributed by atoms with E-state index in [1.165, 1.54) is 25.6 Å². The molecule has 0 saturated carbocycles. The lowest BCUT2D eigenvalue weighted by Gasteiger charge is -2.36. The number of anilines is 1. The third-order valence-electron chi connectivity index (χ3n) is 4.52. The van der Waals surface area contributed by atoms with Crippen molar-refractivity contribution in [2.24, 2.45) is 0 Å². The highest BCUT2D eigenvalue weighted by molar-refractivity contribution is 7.92. The summed E-state index contributed by atoms with van der Waals surface area (Å²) < 4.78 is 45.5. The summed E-state index contributed by atoms with van der Waals surface area (Å²) in [5.74, 6) is 0.450. The first-order valence-electron chi connectivity index (χ1n) is 10.3. The number of halogens is 1.